The van der Waals surface area contributed by atoms with Crippen molar-refractivity contribution in [3.63, 3.8) is 0 Å². The summed E-state index contributed by atoms with van der Waals surface area (Å²) in [5, 5.41) is 0. The lowest BCUT2D eigenvalue weighted by Gasteiger charge is -2.40. The average molecular weight is 500 g/mol. The van der Waals surface area contributed by atoms with Crippen LogP contribution in [0.25, 0.3) is 0 Å². The molecule has 0 spiro atoms. The molecular weight excluding hydrogens is 462 g/mol. The second-order valence-corrected chi connectivity index (χ2v) is 11.3. The van der Waals surface area contributed by atoms with Gasteiger partial charge in [-0.3, -0.25) is 9.59 Å². The molecule has 0 radical (unpaired) electrons. The molecule has 2 aromatic carbocycles. The number of rotatable bonds is 10. The predicted octanol–water partition coefficient (Wildman–Crippen LogP) is 3.76. The van der Waals surface area contributed by atoms with E-state index in [1.54, 1.807) is 30.3 Å². The van der Waals surface area contributed by atoms with E-state index in [0.29, 0.717) is 38.9 Å². The van der Waals surface area contributed by atoms with E-state index in [-0.39, 0.29) is 41.8 Å². The molecule has 1 fully saturated rings. The summed E-state index contributed by atoms with van der Waals surface area (Å²) in [4.78, 5) is 30.0. The molecule has 3 rings (SSSR count). The van der Waals surface area contributed by atoms with Crippen LogP contribution in [-0.4, -0.2) is 66.6 Å². The molecule has 0 aliphatic carbocycles. The van der Waals surface area contributed by atoms with E-state index < -0.39 is 10.0 Å². The van der Waals surface area contributed by atoms with Gasteiger partial charge in [-0.05, 0) is 37.0 Å². The molecule has 8 heteroatoms. The minimum atomic E-state index is -3.79. The zero-order valence-electron chi connectivity index (χ0n) is 21.0. The van der Waals surface area contributed by atoms with Gasteiger partial charge >= 0.3 is 0 Å². The van der Waals surface area contributed by atoms with Gasteiger partial charge in [0.05, 0.1) is 11.4 Å². The molecule has 1 aliphatic rings. The summed E-state index contributed by atoms with van der Waals surface area (Å²) in [5.41, 5.74) is 0.995. The minimum Gasteiger partial charge on any atom is -0.342 e. The molecule has 2 aromatic rings. The van der Waals surface area contributed by atoms with Gasteiger partial charge in [-0.1, -0.05) is 69.3 Å². The second kappa shape index (κ2) is 12.3. The monoisotopic (exact) mass is 499 g/mol. The van der Waals surface area contributed by atoms with Crippen LogP contribution in [0, 0.1) is 5.92 Å². The summed E-state index contributed by atoms with van der Waals surface area (Å²) in [7, 11) is -3.79. The number of amides is 2. The number of carbonyl (C=O) groups excluding carboxylic acids is 2. The molecule has 7 nitrogen and oxygen atoms in total. The van der Waals surface area contributed by atoms with Gasteiger partial charge in [-0.15, -0.1) is 0 Å². The van der Waals surface area contributed by atoms with Crippen LogP contribution in [0.2, 0.25) is 0 Å². The van der Waals surface area contributed by atoms with Crippen LogP contribution in [0.3, 0.4) is 0 Å². The summed E-state index contributed by atoms with van der Waals surface area (Å²) in [6.07, 6.45) is 1.96. The molecule has 0 aromatic heterocycles. The lowest BCUT2D eigenvalue weighted by molar-refractivity contribution is -0.139. The molecular formula is C27H37N3O4S. The van der Waals surface area contributed by atoms with Gasteiger partial charge in [-0.25, -0.2) is 8.42 Å². The van der Waals surface area contributed by atoms with Crippen molar-refractivity contribution in [2.24, 2.45) is 5.92 Å². The normalized spacial score (nSPS) is 14.9. The fraction of sp³-hybridized carbons (Fsp3) is 0.481. The highest BCUT2D eigenvalue weighted by atomic mass is 32.2. The Balaban J connectivity index is 1.81. The van der Waals surface area contributed by atoms with Crippen LogP contribution in [0.4, 0.5) is 0 Å². The maximum atomic E-state index is 13.7. The Bertz CT molecular complexity index is 1070. The number of nitrogens with zero attached hydrogens (tertiary/aromatic N) is 3. The van der Waals surface area contributed by atoms with E-state index >= 15 is 0 Å². The molecule has 2 amide bonds. The molecule has 1 aliphatic heterocycles. The molecule has 0 bridgehead atoms. The molecule has 0 atom stereocenters. The molecule has 190 valence electrons. The molecule has 35 heavy (non-hydrogen) atoms. The van der Waals surface area contributed by atoms with Crippen molar-refractivity contribution in [2.45, 2.75) is 57.5 Å². The Morgan fingerprint density at radius 1 is 0.971 bits per heavy atom. The van der Waals surface area contributed by atoms with E-state index in [4.69, 9.17) is 0 Å². The van der Waals surface area contributed by atoms with Crippen molar-refractivity contribution >= 4 is 21.8 Å². The van der Waals surface area contributed by atoms with Gasteiger partial charge in [0.25, 0.3) is 0 Å². The third kappa shape index (κ3) is 6.92. The SMILES string of the molecule is CCCN(CC(=O)N(Cc1ccccc1)C1CCN(C(=O)C(C)C)CC1)S(=O)(=O)c1ccccc1. The van der Waals surface area contributed by atoms with E-state index in [0.717, 1.165) is 5.56 Å². The van der Waals surface area contributed by atoms with Crippen molar-refractivity contribution in [3.05, 3.63) is 66.2 Å². The maximum Gasteiger partial charge on any atom is 0.243 e. The number of likely N-dealkylation sites (tertiary alicyclic amines) is 1. The summed E-state index contributed by atoms with van der Waals surface area (Å²) in [6.45, 7) is 7.37. The zero-order chi connectivity index (χ0) is 25.4. The van der Waals surface area contributed by atoms with Crippen molar-refractivity contribution < 1.29 is 18.0 Å². The Labute approximate surface area is 209 Å². The fourth-order valence-electron chi connectivity index (χ4n) is 4.48. The number of sulfonamides is 1. The van der Waals surface area contributed by atoms with Crippen molar-refractivity contribution in [2.75, 3.05) is 26.2 Å². The molecule has 1 saturated heterocycles. The van der Waals surface area contributed by atoms with E-state index in [1.165, 1.54) is 4.31 Å². The van der Waals surface area contributed by atoms with Crippen LogP contribution < -0.4 is 0 Å². The van der Waals surface area contributed by atoms with Gasteiger partial charge in [0, 0.05) is 38.1 Å². The van der Waals surface area contributed by atoms with Gasteiger partial charge < -0.3 is 9.80 Å². The fourth-order valence-corrected chi connectivity index (χ4v) is 5.98. The predicted molar refractivity (Wildman–Crippen MR) is 137 cm³/mol. The summed E-state index contributed by atoms with van der Waals surface area (Å²) < 4.78 is 27.9. The largest absolute Gasteiger partial charge is 0.342 e. The number of carbonyl (C=O) groups is 2. The van der Waals surface area contributed by atoms with Crippen molar-refractivity contribution in [3.8, 4) is 0 Å². The number of benzene rings is 2. The summed E-state index contributed by atoms with van der Waals surface area (Å²) in [6, 6.07) is 18.0. The highest BCUT2D eigenvalue weighted by molar-refractivity contribution is 7.89. The highest BCUT2D eigenvalue weighted by Gasteiger charge is 2.33. The van der Waals surface area contributed by atoms with E-state index in [1.807, 2.05) is 60.9 Å². The van der Waals surface area contributed by atoms with Crippen molar-refractivity contribution in [1.29, 1.82) is 0 Å². The van der Waals surface area contributed by atoms with Gasteiger partial charge in [-0.2, -0.15) is 4.31 Å². The first kappa shape index (κ1) is 26.9. The average Bonchev–Trinajstić information content (AvgIpc) is 2.87. The Kier molecular flexibility index (Phi) is 9.46. The van der Waals surface area contributed by atoms with Crippen LogP contribution in [-0.2, 0) is 26.2 Å². The Hall–Kier alpha value is -2.71. The topological polar surface area (TPSA) is 78.0 Å². The Morgan fingerprint density at radius 3 is 2.09 bits per heavy atom. The molecule has 0 saturated carbocycles. The lowest BCUT2D eigenvalue weighted by Crippen LogP contribution is -2.51. The second-order valence-electron chi connectivity index (χ2n) is 9.37. The van der Waals surface area contributed by atoms with E-state index in [9.17, 15) is 18.0 Å². The molecule has 0 unspecified atom stereocenters. The molecule has 0 N–H and O–H groups in total. The first-order valence-corrected chi connectivity index (χ1v) is 13.9. The quantitative estimate of drug-likeness (QED) is 0.499. The number of piperidine rings is 1. The third-order valence-corrected chi connectivity index (χ3v) is 8.25. The van der Waals surface area contributed by atoms with Crippen LogP contribution >= 0.6 is 0 Å². The van der Waals surface area contributed by atoms with Crippen molar-refractivity contribution in [1.82, 2.24) is 14.1 Å². The summed E-state index contributed by atoms with van der Waals surface area (Å²) >= 11 is 0. The number of hydrogen-bond donors (Lipinski definition) is 0. The maximum absolute atomic E-state index is 13.7. The van der Waals surface area contributed by atoms with Gasteiger partial charge in [0.15, 0.2) is 0 Å². The molecule has 1 heterocycles. The standard InChI is InChI=1S/C27H37N3O4S/c1-4-17-29(35(33,34)25-13-9-6-10-14-25)21-26(31)30(20-23-11-7-5-8-12-23)24-15-18-28(19-16-24)27(32)22(2)3/h5-14,22,24H,4,15-21H2,1-3H3. The minimum absolute atomic E-state index is 0.0539. The lowest BCUT2D eigenvalue weighted by atomic mass is 10.0. The number of hydrogen-bond acceptors (Lipinski definition) is 4. The Morgan fingerprint density at radius 2 is 1.54 bits per heavy atom. The van der Waals surface area contributed by atoms with Crippen LogP contribution in [0.5, 0.6) is 0 Å². The van der Waals surface area contributed by atoms with Gasteiger partial charge in [0.1, 0.15) is 0 Å². The van der Waals surface area contributed by atoms with Gasteiger partial charge in [0.2, 0.25) is 21.8 Å². The van der Waals surface area contributed by atoms with Crippen LogP contribution in [0.15, 0.2) is 65.6 Å². The first-order chi connectivity index (χ1) is 16.7. The smallest absolute Gasteiger partial charge is 0.243 e. The zero-order valence-corrected chi connectivity index (χ0v) is 21.8. The van der Waals surface area contributed by atoms with Crippen LogP contribution in [0.1, 0.15) is 45.6 Å². The first-order valence-electron chi connectivity index (χ1n) is 12.4. The highest BCUT2D eigenvalue weighted by Crippen LogP contribution is 2.22. The summed E-state index contributed by atoms with van der Waals surface area (Å²) in [5.74, 6) is -0.137. The third-order valence-electron chi connectivity index (χ3n) is 6.39. The van der Waals surface area contributed by atoms with E-state index in [2.05, 4.69) is 0 Å².